The van der Waals surface area contributed by atoms with Crippen molar-refractivity contribution >= 4 is 21.8 Å². The van der Waals surface area contributed by atoms with E-state index in [-0.39, 0.29) is 13.1 Å². The van der Waals surface area contributed by atoms with E-state index < -0.39 is 21.9 Å². The second kappa shape index (κ2) is 8.09. The van der Waals surface area contributed by atoms with Gasteiger partial charge in [-0.15, -0.1) is 0 Å². The number of anilines is 1. The van der Waals surface area contributed by atoms with Gasteiger partial charge in [0.1, 0.15) is 12.4 Å². The number of hydrogen-bond acceptors (Lipinski definition) is 3. The Bertz CT molecular complexity index is 826. The van der Waals surface area contributed by atoms with E-state index in [9.17, 15) is 17.6 Å². The van der Waals surface area contributed by atoms with E-state index in [1.807, 2.05) is 0 Å². The number of nitrogens with zero attached hydrogens (tertiary/aromatic N) is 2. The van der Waals surface area contributed by atoms with Crippen LogP contribution in [0.3, 0.4) is 0 Å². The highest BCUT2D eigenvalue weighted by molar-refractivity contribution is 7.90. The molecule has 0 fully saturated rings. The van der Waals surface area contributed by atoms with Gasteiger partial charge in [0.2, 0.25) is 5.91 Å². The van der Waals surface area contributed by atoms with Gasteiger partial charge in [-0.25, -0.2) is 8.70 Å². The van der Waals surface area contributed by atoms with Crippen molar-refractivity contribution < 1.29 is 17.6 Å². The Kier molecular flexibility index (Phi) is 6.11. The highest BCUT2D eigenvalue weighted by atomic mass is 32.2. The molecule has 1 N–H and O–H groups in total. The highest BCUT2D eigenvalue weighted by Gasteiger charge is 2.26. The Morgan fingerprint density at radius 3 is 2.36 bits per heavy atom. The lowest BCUT2D eigenvalue weighted by Gasteiger charge is -2.26. The first-order valence-corrected chi connectivity index (χ1v) is 8.97. The predicted octanol–water partition coefficient (Wildman–Crippen LogP) is 1.75. The summed E-state index contributed by atoms with van der Waals surface area (Å²) in [5.74, 6) is -0.883. The topological polar surface area (TPSA) is 69.7 Å². The number of para-hydroxylation sites is 1. The zero-order valence-electron chi connectivity index (χ0n) is 14.0. The molecular formula is C17H20FN3O3S. The molecule has 0 aliphatic carbocycles. The van der Waals surface area contributed by atoms with Crippen molar-refractivity contribution in [2.75, 3.05) is 24.9 Å². The van der Waals surface area contributed by atoms with E-state index in [0.29, 0.717) is 11.3 Å². The summed E-state index contributed by atoms with van der Waals surface area (Å²) in [5.41, 5.74) is 0.979. The minimum absolute atomic E-state index is 0.112. The van der Waals surface area contributed by atoms with Crippen LogP contribution in [0.1, 0.15) is 5.56 Å². The number of amides is 1. The van der Waals surface area contributed by atoms with Crippen LogP contribution in [0.5, 0.6) is 0 Å². The van der Waals surface area contributed by atoms with Crippen LogP contribution in [0.4, 0.5) is 10.1 Å². The lowest BCUT2D eigenvalue weighted by atomic mass is 10.2. The van der Waals surface area contributed by atoms with E-state index >= 15 is 0 Å². The molecule has 0 aliphatic heterocycles. The SMILES string of the molecule is CN(C)S(=O)(=O)N(CC(=O)NCc1cccc(F)c1)c1ccccc1. The Morgan fingerprint density at radius 1 is 1.08 bits per heavy atom. The van der Waals surface area contributed by atoms with Gasteiger partial charge in [0.25, 0.3) is 0 Å². The van der Waals surface area contributed by atoms with Gasteiger partial charge < -0.3 is 5.32 Å². The van der Waals surface area contributed by atoms with Crippen LogP contribution in [0.2, 0.25) is 0 Å². The molecular weight excluding hydrogens is 345 g/mol. The molecule has 2 aromatic rings. The molecule has 0 saturated heterocycles. The lowest BCUT2D eigenvalue weighted by molar-refractivity contribution is -0.119. The molecule has 6 nitrogen and oxygen atoms in total. The van der Waals surface area contributed by atoms with Crippen LogP contribution in [0.25, 0.3) is 0 Å². The molecule has 2 aromatic carbocycles. The van der Waals surface area contributed by atoms with Gasteiger partial charge in [0, 0.05) is 20.6 Å². The minimum Gasteiger partial charge on any atom is -0.350 e. The molecule has 25 heavy (non-hydrogen) atoms. The number of hydrogen-bond donors (Lipinski definition) is 1. The maximum atomic E-state index is 13.2. The molecule has 0 bridgehead atoms. The number of carbonyl (C=O) groups is 1. The number of halogens is 1. The van der Waals surface area contributed by atoms with Crippen LogP contribution in [0.15, 0.2) is 54.6 Å². The van der Waals surface area contributed by atoms with Gasteiger partial charge >= 0.3 is 10.2 Å². The van der Waals surface area contributed by atoms with Crippen molar-refractivity contribution in [3.8, 4) is 0 Å². The highest BCUT2D eigenvalue weighted by Crippen LogP contribution is 2.18. The summed E-state index contributed by atoms with van der Waals surface area (Å²) in [6, 6.07) is 14.2. The zero-order valence-corrected chi connectivity index (χ0v) is 14.8. The normalized spacial score (nSPS) is 11.4. The van der Waals surface area contributed by atoms with Gasteiger partial charge in [0.15, 0.2) is 0 Å². The summed E-state index contributed by atoms with van der Waals surface area (Å²) in [7, 11) is -1.03. The molecule has 0 aromatic heterocycles. The van der Waals surface area contributed by atoms with Gasteiger partial charge in [0.05, 0.1) is 5.69 Å². The molecule has 0 spiro atoms. The lowest BCUT2D eigenvalue weighted by Crippen LogP contribution is -2.45. The maximum absolute atomic E-state index is 13.2. The third-order valence-electron chi connectivity index (χ3n) is 3.45. The van der Waals surface area contributed by atoms with E-state index in [1.54, 1.807) is 42.5 Å². The first-order chi connectivity index (χ1) is 11.8. The Balaban J connectivity index is 2.12. The number of rotatable bonds is 7. The fourth-order valence-corrected chi connectivity index (χ4v) is 3.19. The third-order valence-corrected chi connectivity index (χ3v) is 5.27. The van der Waals surface area contributed by atoms with Crippen molar-refractivity contribution in [2.24, 2.45) is 0 Å². The van der Waals surface area contributed by atoms with Crippen LogP contribution < -0.4 is 9.62 Å². The predicted molar refractivity (Wildman–Crippen MR) is 94.6 cm³/mol. The number of benzene rings is 2. The fourth-order valence-electron chi connectivity index (χ4n) is 2.13. The molecule has 2 rings (SSSR count). The van der Waals surface area contributed by atoms with Crippen molar-refractivity contribution in [2.45, 2.75) is 6.54 Å². The summed E-state index contributed by atoms with van der Waals surface area (Å²) in [6.45, 7) is -0.263. The summed E-state index contributed by atoms with van der Waals surface area (Å²) < 4.78 is 40.2. The Labute approximate surface area is 147 Å². The van der Waals surface area contributed by atoms with Crippen molar-refractivity contribution in [3.63, 3.8) is 0 Å². The van der Waals surface area contributed by atoms with E-state index in [0.717, 1.165) is 8.61 Å². The average Bonchev–Trinajstić information content (AvgIpc) is 2.58. The summed E-state index contributed by atoms with van der Waals surface area (Å²) >= 11 is 0. The molecule has 0 heterocycles. The van der Waals surface area contributed by atoms with Gasteiger partial charge in [-0.3, -0.25) is 4.79 Å². The monoisotopic (exact) mass is 365 g/mol. The molecule has 0 radical (unpaired) electrons. The first-order valence-electron chi connectivity index (χ1n) is 7.57. The van der Waals surface area contributed by atoms with Crippen LogP contribution in [-0.2, 0) is 21.5 Å². The maximum Gasteiger partial charge on any atom is 0.304 e. The summed E-state index contributed by atoms with van der Waals surface area (Å²) in [6.07, 6.45) is 0. The minimum atomic E-state index is -3.83. The van der Waals surface area contributed by atoms with Crippen LogP contribution in [0, 0.1) is 5.82 Å². The first kappa shape index (κ1) is 18.9. The second-order valence-corrected chi connectivity index (χ2v) is 7.61. The third kappa shape index (κ3) is 5.01. The van der Waals surface area contributed by atoms with E-state index in [1.165, 1.54) is 26.2 Å². The molecule has 0 saturated carbocycles. The molecule has 0 aliphatic rings. The van der Waals surface area contributed by atoms with Crippen molar-refractivity contribution in [1.82, 2.24) is 9.62 Å². The van der Waals surface area contributed by atoms with Gasteiger partial charge in [-0.05, 0) is 29.8 Å². The van der Waals surface area contributed by atoms with E-state index in [2.05, 4.69) is 5.32 Å². The largest absolute Gasteiger partial charge is 0.350 e. The summed E-state index contributed by atoms with van der Waals surface area (Å²) in [5, 5.41) is 2.61. The number of nitrogens with one attached hydrogen (secondary N) is 1. The van der Waals surface area contributed by atoms with Gasteiger partial charge in [-0.1, -0.05) is 30.3 Å². The van der Waals surface area contributed by atoms with E-state index in [4.69, 9.17) is 0 Å². The Hall–Kier alpha value is -2.45. The van der Waals surface area contributed by atoms with Crippen molar-refractivity contribution in [3.05, 3.63) is 66.0 Å². The molecule has 0 atom stereocenters. The van der Waals surface area contributed by atoms with Crippen LogP contribution in [-0.4, -0.2) is 39.3 Å². The van der Waals surface area contributed by atoms with Crippen molar-refractivity contribution in [1.29, 1.82) is 0 Å². The molecule has 8 heteroatoms. The smallest absolute Gasteiger partial charge is 0.304 e. The molecule has 0 unspecified atom stereocenters. The van der Waals surface area contributed by atoms with Crippen LogP contribution >= 0.6 is 0 Å². The molecule has 134 valence electrons. The Morgan fingerprint density at radius 2 is 1.76 bits per heavy atom. The standard InChI is InChI=1S/C17H20FN3O3S/c1-20(2)25(23,24)21(16-9-4-3-5-10-16)13-17(22)19-12-14-7-6-8-15(18)11-14/h3-11H,12-13H2,1-2H3,(H,19,22). The van der Waals surface area contributed by atoms with Gasteiger partial charge in [-0.2, -0.15) is 12.7 Å². The zero-order chi connectivity index (χ0) is 18.4. The fraction of sp³-hybridized carbons (Fsp3) is 0.235. The average molecular weight is 365 g/mol. The summed E-state index contributed by atoms with van der Waals surface area (Å²) in [4.78, 5) is 12.2. The number of carbonyl (C=O) groups excluding carboxylic acids is 1. The second-order valence-electron chi connectivity index (χ2n) is 5.54. The quantitative estimate of drug-likeness (QED) is 0.813. The molecule has 1 amide bonds.